The number of ether oxygens (including phenoxy) is 2. The van der Waals surface area contributed by atoms with Gasteiger partial charge in [-0.05, 0) is 71.6 Å². The van der Waals surface area contributed by atoms with Crippen molar-refractivity contribution in [3.05, 3.63) is 70.5 Å². The number of carbonyl (C=O) groups is 1. The van der Waals surface area contributed by atoms with Gasteiger partial charge in [0, 0.05) is 50.0 Å². The summed E-state index contributed by atoms with van der Waals surface area (Å²) in [6.07, 6.45) is 4.95. The third-order valence-corrected chi connectivity index (χ3v) is 7.14. The van der Waals surface area contributed by atoms with Crippen molar-refractivity contribution in [3.8, 4) is 17.2 Å². The third-order valence-electron chi connectivity index (χ3n) is 6.05. The molecule has 224 valence electrons. The van der Waals surface area contributed by atoms with Crippen LogP contribution in [0.3, 0.4) is 0 Å². The van der Waals surface area contributed by atoms with Gasteiger partial charge in [0.05, 0.1) is 29.2 Å². The maximum atomic E-state index is 13.4. The zero-order valence-electron chi connectivity index (χ0n) is 25.1. The number of carbonyl (C=O) groups excluding carboxylic acids is 1. The second-order valence-electron chi connectivity index (χ2n) is 11.5. The van der Waals surface area contributed by atoms with Crippen LogP contribution in [0.25, 0.3) is 0 Å². The Kier molecular flexibility index (Phi) is 10.8. The quantitative estimate of drug-likeness (QED) is 0.164. The second kappa shape index (κ2) is 13.7. The number of likely N-dealkylation sites (N-methyl/N-ethyl adjacent to an activating group) is 1. The summed E-state index contributed by atoms with van der Waals surface area (Å²) in [7, 11) is 2.90. The van der Waals surface area contributed by atoms with Gasteiger partial charge in [0.1, 0.15) is 11.5 Å². The summed E-state index contributed by atoms with van der Waals surface area (Å²) >= 11 is 6.44. The van der Waals surface area contributed by atoms with Crippen molar-refractivity contribution >= 4 is 39.0 Å². The van der Waals surface area contributed by atoms with E-state index in [1.807, 2.05) is 32.3 Å². The van der Waals surface area contributed by atoms with Crippen LogP contribution in [-0.2, 0) is 22.1 Å². The molecule has 0 aliphatic rings. The van der Waals surface area contributed by atoms with Crippen LogP contribution < -0.4 is 24.8 Å². The lowest BCUT2D eigenvalue weighted by Gasteiger charge is -2.26. The molecule has 9 nitrogen and oxygen atoms in total. The van der Waals surface area contributed by atoms with Gasteiger partial charge in [-0.2, -0.15) is 0 Å². The number of thiol groups is 1. The highest BCUT2D eigenvalue weighted by molar-refractivity contribution is 8.02. The minimum atomic E-state index is -2.66. The van der Waals surface area contributed by atoms with Gasteiger partial charge in [0.25, 0.3) is 5.91 Å². The lowest BCUT2D eigenvalue weighted by atomic mass is 9.86. The molecule has 0 radical (unpaired) electrons. The fraction of sp³-hybridized carbons (Fsp3) is 0.400. The van der Waals surface area contributed by atoms with Gasteiger partial charge in [0.2, 0.25) is 0 Å². The van der Waals surface area contributed by atoms with E-state index in [4.69, 9.17) is 21.1 Å². The Hall–Kier alpha value is -3.18. The van der Waals surface area contributed by atoms with E-state index in [-0.39, 0.29) is 11.3 Å². The number of benzene rings is 2. The number of anilines is 2. The normalized spacial score (nSPS) is 12.2. The lowest BCUT2D eigenvalue weighted by molar-refractivity contribution is 0.102. The van der Waals surface area contributed by atoms with E-state index in [9.17, 15) is 9.00 Å². The zero-order valence-corrected chi connectivity index (χ0v) is 26.7. The van der Waals surface area contributed by atoms with Gasteiger partial charge in [-0.25, -0.2) is 0 Å². The molecule has 0 unspecified atom stereocenters. The molecule has 0 bridgehead atoms. The number of pyridine rings is 1. The molecule has 3 aromatic rings. The van der Waals surface area contributed by atoms with Gasteiger partial charge < -0.3 is 29.7 Å². The molecule has 1 aromatic heterocycles. The molecule has 1 amide bonds. The summed E-state index contributed by atoms with van der Waals surface area (Å²) in [6.45, 7) is 8.54. The molecule has 2 aromatic carbocycles. The monoisotopic (exact) mass is 603 g/mol. The summed E-state index contributed by atoms with van der Waals surface area (Å²) in [6, 6.07) is 12.2. The molecule has 0 atom stereocenters. The molecule has 41 heavy (non-hydrogen) atoms. The molecule has 0 spiro atoms. The predicted molar refractivity (Wildman–Crippen MR) is 171 cm³/mol. The molecule has 1 heterocycles. The summed E-state index contributed by atoms with van der Waals surface area (Å²) in [5.41, 5.74) is 2.88. The second-order valence-corrected chi connectivity index (χ2v) is 14.8. The van der Waals surface area contributed by atoms with Crippen molar-refractivity contribution in [1.82, 2.24) is 15.2 Å². The standard InChI is InChI=1S/C30H42ClN5O4S/c1-30(2,3)21-16-25(28(39-6)26(17-21)35-41(7,8)38)34-29(37)20-9-10-24(31)27(15-20)40-23-11-12-33-22(18-23)19-32-13-14-36(4)5/h9-12,15-18,32,41H,13-14,19H2,1-8H3,(H,34,37)(H,35,38). The molecule has 0 saturated heterocycles. The molecule has 11 heteroatoms. The summed E-state index contributed by atoms with van der Waals surface area (Å²) in [4.78, 5) is 19.9. The fourth-order valence-electron chi connectivity index (χ4n) is 3.93. The van der Waals surface area contributed by atoms with Gasteiger partial charge in [-0.3, -0.25) is 14.0 Å². The van der Waals surface area contributed by atoms with E-state index in [1.165, 1.54) is 7.11 Å². The number of aromatic nitrogens is 1. The largest absolute Gasteiger partial charge is 0.492 e. The van der Waals surface area contributed by atoms with Crippen LogP contribution in [-0.4, -0.2) is 66.8 Å². The van der Waals surface area contributed by atoms with Gasteiger partial charge >= 0.3 is 0 Å². The molecule has 0 aliphatic carbocycles. The minimum absolute atomic E-state index is 0.236. The minimum Gasteiger partial charge on any atom is -0.492 e. The summed E-state index contributed by atoms with van der Waals surface area (Å²) in [5, 5.41) is 6.68. The molecule has 3 N–H and O–H groups in total. The maximum absolute atomic E-state index is 13.4. The van der Waals surface area contributed by atoms with E-state index < -0.39 is 10.1 Å². The smallest absolute Gasteiger partial charge is 0.255 e. The van der Waals surface area contributed by atoms with Crippen LogP contribution >= 0.6 is 11.6 Å². The van der Waals surface area contributed by atoms with Crippen molar-refractivity contribution in [2.45, 2.75) is 32.7 Å². The van der Waals surface area contributed by atoms with E-state index >= 15 is 0 Å². The number of nitrogens with zero attached hydrogens (tertiary/aromatic N) is 2. The first-order valence-corrected chi connectivity index (χ1v) is 16.3. The van der Waals surface area contributed by atoms with E-state index in [2.05, 4.69) is 46.0 Å². The Morgan fingerprint density at radius 2 is 1.78 bits per heavy atom. The van der Waals surface area contributed by atoms with Gasteiger partial charge in [0.15, 0.2) is 5.75 Å². The number of methoxy groups -OCH3 is 1. The van der Waals surface area contributed by atoms with Crippen LogP contribution in [0.15, 0.2) is 48.7 Å². The van der Waals surface area contributed by atoms with Crippen molar-refractivity contribution in [3.63, 3.8) is 0 Å². The zero-order chi connectivity index (χ0) is 30.4. The average molecular weight is 604 g/mol. The molecular weight excluding hydrogens is 562 g/mol. The molecule has 0 saturated carbocycles. The Balaban J connectivity index is 1.85. The lowest BCUT2D eigenvalue weighted by Crippen LogP contribution is -2.26. The van der Waals surface area contributed by atoms with E-state index in [0.29, 0.717) is 45.8 Å². The Bertz CT molecular complexity index is 1420. The number of rotatable bonds is 12. The molecule has 0 fully saturated rings. The first-order chi connectivity index (χ1) is 19.2. The Morgan fingerprint density at radius 1 is 1.07 bits per heavy atom. The van der Waals surface area contributed by atoms with Crippen molar-refractivity contribution in [1.29, 1.82) is 0 Å². The van der Waals surface area contributed by atoms with Crippen molar-refractivity contribution < 1.29 is 18.5 Å². The van der Waals surface area contributed by atoms with Crippen LogP contribution in [0.1, 0.15) is 42.4 Å². The van der Waals surface area contributed by atoms with E-state index in [0.717, 1.165) is 24.3 Å². The fourth-order valence-corrected chi connectivity index (χ4v) is 4.83. The average Bonchev–Trinajstić information content (AvgIpc) is 2.86. The molecule has 0 aliphatic heterocycles. The number of hydrogen-bond acceptors (Lipinski definition) is 7. The first-order valence-electron chi connectivity index (χ1n) is 13.3. The summed E-state index contributed by atoms with van der Waals surface area (Å²) < 4.78 is 27.4. The van der Waals surface area contributed by atoms with Crippen LogP contribution in [0, 0.1) is 0 Å². The third kappa shape index (κ3) is 9.71. The highest BCUT2D eigenvalue weighted by Gasteiger charge is 2.22. The molecular formula is C30H42ClN5O4S. The van der Waals surface area contributed by atoms with Gasteiger partial charge in [-0.1, -0.05) is 32.4 Å². The van der Waals surface area contributed by atoms with Crippen molar-refractivity contribution in [2.75, 3.05) is 56.8 Å². The summed E-state index contributed by atoms with van der Waals surface area (Å²) in [5.74, 6) is 0.915. The molecule has 3 rings (SSSR count). The SMILES string of the molecule is COc1c(NC(=O)c2ccc(Cl)c(Oc3ccnc(CNCCN(C)C)c3)c2)cc(C(C)(C)C)cc1N[SH](C)(C)=O. The van der Waals surface area contributed by atoms with Crippen molar-refractivity contribution in [2.24, 2.45) is 0 Å². The number of amides is 1. The number of halogens is 1. The highest BCUT2D eigenvalue weighted by atomic mass is 35.5. The Morgan fingerprint density at radius 3 is 2.41 bits per heavy atom. The Labute approximate surface area is 249 Å². The predicted octanol–water partition coefficient (Wildman–Crippen LogP) is 5.34. The van der Waals surface area contributed by atoms with Crippen LogP contribution in [0.5, 0.6) is 17.2 Å². The van der Waals surface area contributed by atoms with E-state index in [1.54, 1.807) is 43.0 Å². The maximum Gasteiger partial charge on any atom is 0.255 e. The topological polar surface area (TPSA) is 105 Å². The van der Waals surface area contributed by atoms with Crippen LogP contribution in [0.2, 0.25) is 5.02 Å². The van der Waals surface area contributed by atoms with Gasteiger partial charge in [-0.15, -0.1) is 0 Å². The van der Waals surface area contributed by atoms with Crippen LogP contribution in [0.4, 0.5) is 11.4 Å². The highest BCUT2D eigenvalue weighted by Crippen LogP contribution is 2.40. The number of hydrogen-bond donors (Lipinski definition) is 4. The first kappa shape index (κ1) is 32.3. The number of nitrogens with one attached hydrogen (secondary N) is 3.